The molecule has 0 saturated carbocycles. The van der Waals surface area contributed by atoms with Crippen LogP contribution in [0.15, 0.2) is 0 Å². The van der Waals surface area contributed by atoms with Crippen molar-refractivity contribution in [2.75, 3.05) is 26.7 Å². The highest BCUT2D eigenvalue weighted by molar-refractivity contribution is 4.77. The number of aliphatic hydroxyl groups excluding tert-OH is 1. The number of likely N-dealkylation sites (tertiary alicyclic amines) is 1. The molecule has 1 saturated heterocycles. The lowest BCUT2D eigenvalue weighted by Gasteiger charge is -2.31. The van der Waals surface area contributed by atoms with E-state index in [-0.39, 0.29) is 12.6 Å². The molecule has 0 aromatic heterocycles. The van der Waals surface area contributed by atoms with Gasteiger partial charge in [0.2, 0.25) is 0 Å². The summed E-state index contributed by atoms with van der Waals surface area (Å²) in [6.45, 7) is 4.62. The van der Waals surface area contributed by atoms with Crippen molar-refractivity contribution < 1.29 is 5.11 Å². The van der Waals surface area contributed by atoms with Crippen LogP contribution in [0.5, 0.6) is 0 Å². The Kier molecular flexibility index (Phi) is 3.98. The number of piperidine rings is 1. The van der Waals surface area contributed by atoms with Gasteiger partial charge in [0, 0.05) is 12.1 Å². The lowest BCUT2D eigenvalue weighted by atomic mass is 10.0. The van der Waals surface area contributed by atoms with E-state index < -0.39 is 0 Å². The van der Waals surface area contributed by atoms with E-state index in [2.05, 4.69) is 17.3 Å². The monoisotopic (exact) mass is 172 g/mol. The highest BCUT2D eigenvalue weighted by Crippen LogP contribution is 2.08. The SMILES string of the molecule is C[C@@H](CO)NC1CCN(C)CC1. The lowest BCUT2D eigenvalue weighted by Crippen LogP contribution is -2.45. The van der Waals surface area contributed by atoms with Crippen LogP contribution < -0.4 is 5.32 Å². The van der Waals surface area contributed by atoms with Crippen LogP contribution in [-0.4, -0.2) is 48.8 Å². The minimum atomic E-state index is 0.242. The Labute approximate surface area is 74.8 Å². The molecule has 1 atom stereocenters. The summed E-state index contributed by atoms with van der Waals surface area (Å²) in [5.41, 5.74) is 0. The third kappa shape index (κ3) is 3.09. The van der Waals surface area contributed by atoms with Gasteiger partial charge in [0.15, 0.2) is 0 Å². The Morgan fingerprint density at radius 1 is 1.50 bits per heavy atom. The molecule has 12 heavy (non-hydrogen) atoms. The van der Waals surface area contributed by atoms with Crippen molar-refractivity contribution in [1.29, 1.82) is 0 Å². The van der Waals surface area contributed by atoms with E-state index >= 15 is 0 Å². The molecule has 1 fully saturated rings. The van der Waals surface area contributed by atoms with Gasteiger partial charge in [0.25, 0.3) is 0 Å². The number of aliphatic hydroxyl groups is 1. The number of hydrogen-bond donors (Lipinski definition) is 2. The summed E-state index contributed by atoms with van der Waals surface area (Å²) in [4.78, 5) is 2.35. The van der Waals surface area contributed by atoms with E-state index in [0.717, 1.165) is 0 Å². The standard InChI is InChI=1S/C9H20N2O/c1-8(7-12)10-9-3-5-11(2)6-4-9/h8-10,12H,3-7H2,1-2H3/t8-/m0/s1. The van der Waals surface area contributed by atoms with Gasteiger partial charge >= 0.3 is 0 Å². The van der Waals surface area contributed by atoms with E-state index in [1.54, 1.807) is 0 Å². The van der Waals surface area contributed by atoms with Crippen molar-refractivity contribution in [1.82, 2.24) is 10.2 Å². The first-order valence-corrected chi connectivity index (χ1v) is 4.78. The maximum atomic E-state index is 8.84. The average molecular weight is 172 g/mol. The Bertz CT molecular complexity index is 122. The fourth-order valence-electron chi connectivity index (χ4n) is 1.63. The molecule has 2 N–H and O–H groups in total. The van der Waals surface area contributed by atoms with Gasteiger partial charge in [-0.2, -0.15) is 0 Å². The Morgan fingerprint density at radius 2 is 2.08 bits per heavy atom. The van der Waals surface area contributed by atoms with Crippen molar-refractivity contribution in [3.05, 3.63) is 0 Å². The number of hydrogen-bond acceptors (Lipinski definition) is 3. The quantitative estimate of drug-likeness (QED) is 0.631. The van der Waals surface area contributed by atoms with Crippen molar-refractivity contribution in [3.8, 4) is 0 Å². The zero-order valence-electron chi connectivity index (χ0n) is 8.08. The van der Waals surface area contributed by atoms with E-state index in [9.17, 15) is 0 Å². The smallest absolute Gasteiger partial charge is 0.0582 e. The van der Waals surface area contributed by atoms with Gasteiger partial charge < -0.3 is 15.3 Å². The van der Waals surface area contributed by atoms with Gasteiger partial charge in [-0.25, -0.2) is 0 Å². The molecule has 1 rings (SSSR count). The van der Waals surface area contributed by atoms with E-state index in [4.69, 9.17) is 5.11 Å². The zero-order valence-corrected chi connectivity index (χ0v) is 8.08. The molecular formula is C9H20N2O. The molecule has 72 valence electrons. The second-order valence-corrected chi connectivity index (χ2v) is 3.83. The lowest BCUT2D eigenvalue weighted by molar-refractivity contribution is 0.196. The normalized spacial score (nSPS) is 24.2. The van der Waals surface area contributed by atoms with Gasteiger partial charge in [-0.05, 0) is 39.9 Å². The molecule has 0 aliphatic carbocycles. The van der Waals surface area contributed by atoms with Crippen molar-refractivity contribution in [3.63, 3.8) is 0 Å². The van der Waals surface area contributed by atoms with E-state index in [1.807, 2.05) is 6.92 Å². The highest BCUT2D eigenvalue weighted by atomic mass is 16.3. The van der Waals surface area contributed by atoms with Gasteiger partial charge in [0.05, 0.1) is 6.61 Å². The highest BCUT2D eigenvalue weighted by Gasteiger charge is 2.17. The van der Waals surface area contributed by atoms with Crippen molar-refractivity contribution in [2.24, 2.45) is 0 Å². The summed E-state index contributed by atoms with van der Waals surface area (Å²) >= 11 is 0. The Hall–Kier alpha value is -0.120. The molecular weight excluding hydrogens is 152 g/mol. The molecule has 1 aliphatic rings. The fourth-order valence-corrected chi connectivity index (χ4v) is 1.63. The molecule has 1 aliphatic heterocycles. The molecule has 0 radical (unpaired) electrons. The summed E-state index contributed by atoms with van der Waals surface area (Å²) in [6, 6.07) is 0.863. The summed E-state index contributed by atoms with van der Waals surface area (Å²) in [6.07, 6.45) is 2.42. The molecule has 3 nitrogen and oxygen atoms in total. The van der Waals surface area contributed by atoms with Crippen LogP contribution in [0.25, 0.3) is 0 Å². The van der Waals surface area contributed by atoms with Gasteiger partial charge in [-0.3, -0.25) is 0 Å². The predicted octanol–water partition coefficient (Wildman–Crippen LogP) is 0.0510. The van der Waals surface area contributed by atoms with Crippen LogP contribution in [0, 0.1) is 0 Å². The largest absolute Gasteiger partial charge is 0.395 e. The maximum absolute atomic E-state index is 8.84. The van der Waals surface area contributed by atoms with Gasteiger partial charge in [0.1, 0.15) is 0 Å². The van der Waals surface area contributed by atoms with Crippen LogP contribution in [0.3, 0.4) is 0 Å². The molecule has 0 aromatic rings. The minimum absolute atomic E-state index is 0.242. The fraction of sp³-hybridized carbons (Fsp3) is 1.00. The first kappa shape index (κ1) is 9.96. The van der Waals surface area contributed by atoms with Crippen LogP contribution >= 0.6 is 0 Å². The number of nitrogens with one attached hydrogen (secondary N) is 1. The Morgan fingerprint density at radius 3 is 2.58 bits per heavy atom. The number of nitrogens with zero attached hydrogens (tertiary/aromatic N) is 1. The van der Waals surface area contributed by atoms with E-state index in [1.165, 1.54) is 25.9 Å². The molecule has 0 amide bonds. The number of rotatable bonds is 3. The average Bonchev–Trinajstić information content (AvgIpc) is 2.09. The minimum Gasteiger partial charge on any atom is -0.395 e. The zero-order chi connectivity index (χ0) is 8.97. The van der Waals surface area contributed by atoms with Gasteiger partial charge in [-0.1, -0.05) is 0 Å². The van der Waals surface area contributed by atoms with Gasteiger partial charge in [-0.15, -0.1) is 0 Å². The molecule has 3 heteroatoms. The molecule has 0 unspecified atom stereocenters. The Balaban J connectivity index is 2.17. The molecule has 0 aromatic carbocycles. The summed E-state index contributed by atoms with van der Waals surface area (Å²) in [7, 11) is 2.16. The molecule has 1 heterocycles. The summed E-state index contributed by atoms with van der Waals surface area (Å²) in [5.74, 6) is 0. The topological polar surface area (TPSA) is 35.5 Å². The first-order chi connectivity index (χ1) is 5.72. The van der Waals surface area contributed by atoms with Crippen molar-refractivity contribution >= 4 is 0 Å². The second-order valence-electron chi connectivity index (χ2n) is 3.83. The predicted molar refractivity (Wildman–Crippen MR) is 50.2 cm³/mol. The van der Waals surface area contributed by atoms with E-state index in [0.29, 0.717) is 6.04 Å². The summed E-state index contributed by atoms with van der Waals surface area (Å²) in [5, 5.41) is 12.3. The van der Waals surface area contributed by atoms with Crippen molar-refractivity contribution in [2.45, 2.75) is 31.8 Å². The van der Waals surface area contributed by atoms with Crippen LogP contribution in [0.2, 0.25) is 0 Å². The first-order valence-electron chi connectivity index (χ1n) is 4.78. The maximum Gasteiger partial charge on any atom is 0.0582 e. The second kappa shape index (κ2) is 4.80. The third-order valence-corrected chi connectivity index (χ3v) is 2.51. The van der Waals surface area contributed by atoms with Crippen LogP contribution in [0.4, 0.5) is 0 Å². The van der Waals surface area contributed by atoms with Crippen LogP contribution in [-0.2, 0) is 0 Å². The third-order valence-electron chi connectivity index (χ3n) is 2.51. The summed E-state index contributed by atoms with van der Waals surface area (Å²) < 4.78 is 0. The molecule has 0 spiro atoms. The molecule has 0 bridgehead atoms. The van der Waals surface area contributed by atoms with Crippen LogP contribution in [0.1, 0.15) is 19.8 Å².